The van der Waals surface area contributed by atoms with Crippen molar-refractivity contribution in [2.45, 2.75) is 38.1 Å². The SMILES string of the molecule is O=c1[nH]nc(CN2CCC[C@H](OCc3cc(F)cc(I)c3)[C@@H]2c2ccccc2)[nH]1. The number of nitrogens with zero attached hydrogens (tertiary/aromatic N) is 2. The number of benzene rings is 2. The fourth-order valence-electron chi connectivity index (χ4n) is 3.93. The van der Waals surface area contributed by atoms with Crippen LogP contribution >= 0.6 is 22.6 Å². The molecule has 0 aliphatic carbocycles. The highest BCUT2D eigenvalue weighted by Gasteiger charge is 2.34. The number of likely N-dealkylation sites (tertiary alicyclic amines) is 1. The number of nitrogens with one attached hydrogen (secondary N) is 2. The van der Waals surface area contributed by atoms with Crippen LogP contribution in [0.3, 0.4) is 0 Å². The number of aromatic amines is 2. The molecule has 152 valence electrons. The van der Waals surface area contributed by atoms with Crippen LogP contribution in [0, 0.1) is 9.39 Å². The fraction of sp³-hybridized carbons (Fsp3) is 0.333. The van der Waals surface area contributed by atoms with Crippen LogP contribution < -0.4 is 5.69 Å². The maximum atomic E-state index is 13.7. The van der Waals surface area contributed by atoms with Gasteiger partial charge in [-0.3, -0.25) is 9.88 Å². The number of aromatic nitrogens is 3. The molecule has 1 aliphatic heterocycles. The van der Waals surface area contributed by atoms with Crippen LogP contribution in [-0.2, 0) is 17.9 Å². The Balaban J connectivity index is 1.56. The summed E-state index contributed by atoms with van der Waals surface area (Å²) in [7, 11) is 0. The molecule has 8 heteroatoms. The van der Waals surface area contributed by atoms with Crippen molar-refractivity contribution < 1.29 is 9.13 Å². The van der Waals surface area contributed by atoms with E-state index in [2.05, 4.69) is 54.8 Å². The lowest BCUT2D eigenvalue weighted by Gasteiger charge is -2.41. The average Bonchev–Trinajstić information content (AvgIpc) is 3.11. The van der Waals surface area contributed by atoms with Gasteiger partial charge in [-0.25, -0.2) is 14.3 Å². The lowest BCUT2D eigenvalue weighted by molar-refractivity contribution is -0.0560. The first-order valence-electron chi connectivity index (χ1n) is 9.57. The van der Waals surface area contributed by atoms with Gasteiger partial charge >= 0.3 is 5.69 Å². The number of hydrogen-bond acceptors (Lipinski definition) is 4. The summed E-state index contributed by atoms with van der Waals surface area (Å²) in [4.78, 5) is 16.4. The third-order valence-electron chi connectivity index (χ3n) is 5.11. The minimum atomic E-state index is -0.304. The Hall–Kier alpha value is -2.04. The molecule has 3 aromatic rings. The van der Waals surface area contributed by atoms with E-state index in [1.165, 1.54) is 12.1 Å². The molecule has 0 saturated carbocycles. The van der Waals surface area contributed by atoms with Gasteiger partial charge in [0.15, 0.2) is 0 Å². The Morgan fingerprint density at radius 3 is 2.79 bits per heavy atom. The second-order valence-corrected chi connectivity index (χ2v) is 8.47. The minimum Gasteiger partial charge on any atom is -0.372 e. The maximum absolute atomic E-state index is 13.7. The zero-order chi connectivity index (χ0) is 20.2. The Morgan fingerprint density at radius 1 is 1.24 bits per heavy atom. The van der Waals surface area contributed by atoms with Crippen LogP contribution in [-0.4, -0.2) is 32.7 Å². The molecule has 0 amide bonds. The molecule has 1 aromatic heterocycles. The first-order valence-corrected chi connectivity index (χ1v) is 10.7. The van der Waals surface area contributed by atoms with Crippen molar-refractivity contribution in [3.05, 3.63) is 85.4 Å². The van der Waals surface area contributed by atoms with Gasteiger partial charge < -0.3 is 4.74 Å². The van der Waals surface area contributed by atoms with Crippen LogP contribution in [0.15, 0.2) is 53.3 Å². The van der Waals surface area contributed by atoms with Crippen LogP contribution in [0.2, 0.25) is 0 Å². The van der Waals surface area contributed by atoms with E-state index >= 15 is 0 Å². The topological polar surface area (TPSA) is 74.0 Å². The number of H-pyrrole nitrogens is 2. The zero-order valence-electron chi connectivity index (χ0n) is 15.8. The van der Waals surface area contributed by atoms with Gasteiger partial charge in [-0.15, -0.1) is 0 Å². The van der Waals surface area contributed by atoms with E-state index in [4.69, 9.17) is 4.74 Å². The second-order valence-electron chi connectivity index (χ2n) is 7.22. The molecule has 2 aromatic carbocycles. The molecule has 0 radical (unpaired) electrons. The predicted octanol–water partition coefficient (Wildman–Crippen LogP) is 3.76. The van der Waals surface area contributed by atoms with Gasteiger partial charge in [0, 0.05) is 3.57 Å². The third kappa shape index (κ3) is 5.12. The van der Waals surface area contributed by atoms with Crippen LogP contribution in [0.25, 0.3) is 0 Å². The molecule has 1 aliphatic rings. The number of piperidine rings is 1. The molecular formula is C21H22FIN4O2. The van der Waals surface area contributed by atoms with E-state index in [1.54, 1.807) is 0 Å². The normalized spacial score (nSPS) is 20.1. The van der Waals surface area contributed by atoms with Crippen molar-refractivity contribution >= 4 is 22.6 Å². The van der Waals surface area contributed by atoms with Gasteiger partial charge in [0.1, 0.15) is 11.6 Å². The molecule has 0 bridgehead atoms. The minimum absolute atomic E-state index is 0.0257. The lowest BCUT2D eigenvalue weighted by atomic mass is 9.92. The van der Waals surface area contributed by atoms with E-state index in [-0.39, 0.29) is 23.7 Å². The highest BCUT2D eigenvalue weighted by atomic mass is 127. The van der Waals surface area contributed by atoms with Crippen molar-refractivity contribution in [2.75, 3.05) is 6.54 Å². The summed E-state index contributed by atoms with van der Waals surface area (Å²) in [5.74, 6) is 0.360. The lowest BCUT2D eigenvalue weighted by Crippen LogP contribution is -2.42. The molecule has 1 saturated heterocycles. The molecule has 2 heterocycles. The highest BCUT2D eigenvalue weighted by Crippen LogP contribution is 2.34. The summed E-state index contributed by atoms with van der Waals surface area (Å²) in [6, 6.07) is 15.2. The molecule has 0 unspecified atom stereocenters. The van der Waals surface area contributed by atoms with Gasteiger partial charge in [-0.05, 0) is 71.3 Å². The summed E-state index contributed by atoms with van der Waals surface area (Å²) in [6.07, 6.45) is 1.85. The monoisotopic (exact) mass is 508 g/mol. The van der Waals surface area contributed by atoms with Gasteiger partial charge in [-0.1, -0.05) is 30.3 Å². The Bertz CT molecular complexity index is 987. The Morgan fingerprint density at radius 2 is 2.07 bits per heavy atom. The molecule has 2 N–H and O–H groups in total. The van der Waals surface area contributed by atoms with Crippen molar-refractivity contribution in [3.8, 4) is 0 Å². The summed E-state index contributed by atoms with van der Waals surface area (Å²) in [6.45, 7) is 1.76. The molecular weight excluding hydrogens is 486 g/mol. The largest absolute Gasteiger partial charge is 0.372 e. The van der Waals surface area contributed by atoms with Crippen LogP contribution in [0.5, 0.6) is 0 Å². The van der Waals surface area contributed by atoms with Crippen LogP contribution in [0.1, 0.15) is 35.8 Å². The van der Waals surface area contributed by atoms with E-state index in [0.717, 1.165) is 34.1 Å². The Kier molecular flexibility index (Phi) is 6.41. The van der Waals surface area contributed by atoms with Crippen LogP contribution in [0.4, 0.5) is 4.39 Å². The van der Waals surface area contributed by atoms with Gasteiger partial charge in [-0.2, -0.15) is 5.10 Å². The van der Waals surface area contributed by atoms with Gasteiger partial charge in [0.2, 0.25) is 0 Å². The molecule has 4 rings (SSSR count). The number of halogens is 2. The smallest absolute Gasteiger partial charge is 0.340 e. The van der Waals surface area contributed by atoms with Gasteiger partial charge in [0.05, 0.1) is 25.3 Å². The van der Waals surface area contributed by atoms with Crippen molar-refractivity contribution in [1.82, 2.24) is 20.1 Å². The molecule has 29 heavy (non-hydrogen) atoms. The van der Waals surface area contributed by atoms with Crippen molar-refractivity contribution in [2.24, 2.45) is 0 Å². The molecule has 1 fully saturated rings. The first kappa shape index (κ1) is 20.2. The van der Waals surface area contributed by atoms with Crippen molar-refractivity contribution in [1.29, 1.82) is 0 Å². The predicted molar refractivity (Wildman–Crippen MR) is 116 cm³/mol. The van der Waals surface area contributed by atoms with E-state index < -0.39 is 0 Å². The average molecular weight is 508 g/mol. The maximum Gasteiger partial charge on any atom is 0.340 e. The Labute approximate surface area is 181 Å². The molecule has 0 spiro atoms. The number of hydrogen-bond donors (Lipinski definition) is 2. The summed E-state index contributed by atoms with van der Waals surface area (Å²) >= 11 is 2.11. The molecule has 2 atom stereocenters. The summed E-state index contributed by atoms with van der Waals surface area (Å²) < 4.78 is 20.9. The summed E-state index contributed by atoms with van der Waals surface area (Å²) in [5, 5.41) is 6.48. The van der Waals surface area contributed by atoms with E-state index in [0.29, 0.717) is 19.0 Å². The van der Waals surface area contributed by atoms with E-state index in [1.807, 2.05) is 24.3 Å². The second kappa shape index (κ2) is 9.19. The number of ether oxygens (including phenoxy) is 1. The fourth-order valence-corrected chi connectivity index (χ4v) is 4.62. The first-order chi connectivity index (χ1) is 14.1. The third-order valence-corrected chi connectivity index (χ3v) is 5.73. The van der Waals surface area contributed by atoms with Crippen molar-refractivity contribution in [3.63, 3.8) is 0 Å². The zero-order valence-corrected chi connectivity index (χ0v) is 17.9. The quantitative estimate of drug-likeness (QED) is 0.498. The standard InChI is InChI=1S/C21H22FIN4O2/c22-16-9-14(10-17(23)11-16)13-29-18-7-4-8-27(12-19-24-21(28)26-25-19)20(18)15-5-2-1-3-6-15/h1-3,5-6,9-11,18,20H,4,7-8,12-13H2,(H2,24,25,26,28)/t18-,20-/m0/s1. The van der Waals surface area contributed by atoms with E-state index in [9.17, 15) is 9.18 Å². The number of rotatable bonds is 6. The van der Waals surface area contributed by atoms with Gasteiger partial charge in [0.25, 0.3) is 0 Å². The summed E-state index contributed by atoms with van der Waals surface area (Å²) in [5.41, 5.74) is 1.68. The molecule has 6 nitrogen and oxygen atoms in total. The highest BCUT2D eigenvalue weighted by molar-refractivity contribution is 14.1.